The molecule has 1 atom stereocenters. The monoisotopic (exact) mass is 252 g/mol. The van der Waals surface area contributed by atoms with Crippen molar-refractivity contribution in [3.05, 3.63) is 11.1 Å². The maximum Gasteiger partial charge on any atom is 0.341 e. The first kappa shape index (κ1) is 12.8. The van der Waals surface area contributed by atoms with Gasteiger partial charge in [-0.2, -0.15) is 0 Å². The Morgan fingerprint density at radius 3 is 2.50 bits per heavy atom. The summed E-state index contributed by atoms with van der Waals surface area (Å²) >= 11 is 0. The highest BCUT2D eigenvalue weighted by Gasteiger charge is 2.54. The highest BCUT2D eigenvalue weighted by atomic mass is 16.5. The fourth-order valence-corrected chi connectivity index (χ4v) is 3.04. The smallest absolute Gasteiger partial charge is 0.341 e. The molecule has 98 valence electrons. The number of Topliss-reactive ketones (excluding diaryl/α,β-unsaturated/α-hetero) is 1. The van der Waals surface area contributed by atoms with Gasteiger partial charge in [-0.15, -0.1) is 0 Å². The van der Waals surface area contributed by atoms with Gasteiger partial charge in [-0.25, -0.2) is 4.79 Å². The number of rotatable bonds is 2. The van der Waals surface area contributed by atoms with Crippen molar-refractivity contribution in [1.82, 2.24) is 0 Å². The second-order valence-electron chi connectivity index (χ2n) is 4.73. The minimum atomic E-state index is -0.909. The van der Waals surface area contributed by atoms with Gasteiger partial charge in [-0.1, -0.05) is 6.42 Å². The fourth-order valence-electron chi connectivity index (χ4n) is 3.04. The minimum absolute atomic E-state index is 0.0411. The average molecular weight is 252 g/mol. The second-order valence-corrected chi connectivity index (χ2v) is 4.73. The van der Waals surface area contributed by atoms with Crippen LogP contribution in [0.25, 0.3) is 0 Å². The Labute approximate surface area is 105 Å². The van der Waals surface area contributed by atoms with Crippen LogP contribution in [0.5, 0.6) is 0 Å². The third-order valence-corrected chi connectivity index (χ3v) is 3.87. The topological polar surface area (TPSA) is 69.7 Å². The van der Waals surface area contributed by atoms with Crippen LogP contribution in [0.1, 0.15) is 32.1 Å². The van der Waals surface area contributed by atoms with Crippen molar-refractivity contribution in [3.63, 3.8) is 0 Å². The molecule has 18 heavy (non-hydrogen) atoms. The lowest BCUT2D eigenvalue weighted by Gasteiger charge is -2.32. The number of methoxy groups -OCH3 is 2. The molecule has 2 aliphatic carbocycles. The average Bonchev–Trinajstić information content (AvgIpc) is 2.70. The summed E-state index contributed by atoms with van der Waals surface area (Å²) in [6.07, 6.45) is 2.94. The van der Waals surface area contributed by atoms with Gasteiger partial charge >= 0.3 is 11.9 Å². The van der Waals surface area contributed by atoms with Gasteiger partial charge in [0.15, 0.2) is 5.78 Å². The van der Waals surface area contributed by atoms with Crippen molar-refractivity contribution in [2.24, 2.45) is 5.41 Å². The van der Waals surface area contributed by atoms with Crippen molar-refractivity contribution < 1.29 is 23.9 Å². The van der Waals surface area contributed by atoms with Crippen LogP contribution in [0, 0.1) is 5.41 Å². The molecule has 0 bridgehead atoms. The SMILES string of the molecule is COC(=O)C1=C2CCCCC2(C(=O)OC)CC1=O. The largest absolute Gasteiger partial charge is 0.468 e. The van der Waals surface area contributed by atoms with Gasteiger partial charge in [-0.05, 0) is 24.8 Å². The molecule has 0 amide bonds. The molecule has 1 unspecified atom stereocenters. The molecule has 2 aliphatic rings. The third-order valence-electron chi connectivity index (χ3n) is 3.87. The molecule has 0 aromatic rings. The van der Waals surface area contributed by atoms with Crippen LogP contribution in [-0.2, 0) is 23.9 Å². The van der Waals surface area contributed by atoms with Crippen molar-refractivity contribution in [3.8, 4) is 0 Å². The zero-order chi connectivity index (χ0) is 13.3. The summed E-state index contributed by atoms with van der Waals surface area (Å²) in [5.41, 5.74) is -0.215. The molecule has 0 spiro atoms. The molecule has 1 saturated carbocycles. The van der Waals surface area contributed by atoms with E-state index >= 15 is 0 Å². The van der Waals surface area contributed by atoms with Crippen LogP contribution in [0.15, 0.2) is 11.1 Å². The zero-order valence-electron chi connectivity index (χ0n) is 10.6. The Morgan fingerprint density at radius 1 is 1.17 bits per heavy atom. The van der Waals surface area contributed by atoms with Gasteiger partial charge in [-0.3, -0.25) is 9.59 Å². The summed E-state index contributed by atoms with van der Waals surface area (Å²) in [5, 5.41) is 0. The van der Waals surface area contributed by atoms with Crippen LogP contribution in [0.4, 0.5) is 0 Å². The number of esters is 2. The van der Waals surface area contributed by atoms with E-state index < -0.39 is 17.4 Å². The highest BCUT2D eigenvalue weighted by Crippen LogP contribution is 2.51. The number of carbonyl (C=O) groups excluding carboxylic acids is 3. The maximum atomic E-state index is 12.0. The molecule has 0 aromatic heterocycles. The highest BCUT2D eigenvalue weighted by molar-refractivity contribution is 6.22. The van der Waals surface area contributed by atoms with E-state index in [1.807, 2.05) is 0 Å². The molecule has 2 rings (SSSR count). The lowest BCUT2D eigenvalue weighted by molar-refractivity contribution is -0.152. The molecule has 0 heterocycles. The van der Waals surface area contributed by atoms with Gasteiger partial charge in [0.05, 0.1) is 19.6 Å². The normalized spacial score (nSPS) is 26.9. The number of ether oxygens (including phenoxy) is 2. The van der Waals surface area contributed by atoms with E-state index in [0.29, 0.717) is 18.4 Å². The standard InChI is InChI=1S/C13H16O5/c1-17-11(15)10-8-5-3-4-6-13(8,7-9(10)14)12(16)18-2/h3-7H2,1-2H3. The van der Waals surface area contributed by atoms with Crippen LogP contribution < -0.4 is 0 Å². The Hall–Kier alpha value is -1.65. The number of fused-ring (bicyclic) bond motifs is 1. The van der Waals surface area contributed by atoms with Crippen LogP contribution in [-0.4, -0.2) is 31.9 Å². The summed E-state index contributed by atoms with van der Waals surface area (Å²) in [5.74, 6) is -1.35. The molecule has 0 saturated heterocycles. The zero-order valence-corrected chi connectivity index (χ0v) is 10.6. The molecule has 0 aliphatic heterocycles. The Bertz CT molecular complexity index is 448. The van der Waals surface area contributed by atoms with Crippen molar-refractivity contribution >= 4 is 17.7 Å². The molecule has 0 aromatic carbocycles. The summed E-state index contributed by atoms with van der Waals surface area (Å²) in [4.78, 5) is 35.7. The Kier molecular flexibility index (Phi) is 3.24. The Morgan fingerprint density at radius 2 is 1.89 bits per heavy atom. The Balaban J connectivity index is 2.52. The predicted octanol–water partition coefficient (Wildman–Crippen LogP) is 1.16. The van der Waals surface area contributed by atoms with E-state index in [9.17, 15) is 14.4 Å². The van der Waals surface area contributed by atoms with Gasteiger partial charge in [0.1, 0.15) is 5.57 Å². The van der Waals surface area contributed by atoms with Crippen LogP contribution in [0.2, 0.25) is 0 Å². The van der Waals surface area contributed by atoms with E-state index in [1.54, 1.807) is 0 Å². The minimum Gasteiger partial charge on any atom is -0.468 e. The lowest BCUT2D eigenvalue weighted by atomic mass is 9.71. The molecule has 0 radical (unpaired) electrons. The van der Waals surface area contributed by atoms with Crippen molar-refractivity contribution in [2.45, 2.75) is 32.1 Å². The summed E-state index contributed by atoms with van der Waals surface area (Å²) in [6.45, 7) is 0. The van der Waals surface area contributed by atoms with E-state index in [1.165, 1.54) is 14.2 Å². The van der Waals surface area contributed by atoms with E-state index in [0.717, 1.165) is 12.8 Å². The predicted molar refractivity (Wildman–Crippen MR) is 61.6 cm³/mol. The summed E-state index contributed by atoms with van der Waals surface area (Å²) in [6, 6.07) is 0. The number of hydrogen-bond acceptors (Lipinski definition) is 5. The molecule has 5 heteroatoms. The van der Waals surface area contributed by atoms with Gasteiger partial charge in [0, 0.05) is 6.42 Å². The molecular formula is C13H16O5. The third kappa shape index (κ3) is 1.65. The van der Waals surface area contributed by atoms with Gasteiger partial charge in [0.2, 0.25) is 0 Å². The second kappa shape index (κ2) is 4.55. The van der Waals surface area contributed by atoms with Crippen molar-refractivity contribution in [2.75, 3.05) is 14.2 Å². The van der Waals surface area contributed by atoms with Crippen LogP contribution >= 0.6 is 0 Å². The van der Waals surface area contributed by atoms with Crippen LogP contribution in [0.3, 0.4) is 0 Å². The van der Waals surface area contributed by atoms with E-state index in [-0.39, 0.29) is 17.8 Å². The molecule has 5 nitrogen and oxygen atoms in total. The number of carbonyl (C=O) groups is 3. The maximum absolute atomic E-state index is 12.0. The summed E-state index contributed by atoms with van der Waals surface area (Å²) < 4.78 is 9.47. The molecular weight excluding hydrogens is 236 g/mol. The first-order valence-corrected chi connectivity index (χ1v) is 6.00. The summed E-state index contributed by atoms with van der Waals surface area (Å²) in [7, 11) is 2.55. The molecule has 0 N–H and O–H groups in total. The fraction of sp³-hybridized carbons (Fsp3) is 0.615. The number of hydrogen-bond donors (Lipinski definition) is 0. The van der Waals surface area contributed by atoms with E-state index in [4.69, 9.17) is 4.74 Å². The lowest BCUT2D eigenvalue weighted by Crippen LogP contribution is -2.35. The van der Waals surface area contributed by atoms with Crippen molar-refractivity contribution in [1.29, 1.82) is 0 Å². The van der Waals surface area contributed by atoms with Gasteiger partial charge in [0.25, 0.3) is 0 Å². The van der Waals surface area contributed by atoms with E-state index in [2.05, 4.69) is 4.74 Å². The number of ketones is 1. The molecule has 1 fully saturated rings. The van der Waals surface area contributed by atoms with Gasteiger partial charge < -0.3 is 9.47 Å². The first-order valence-electron chi connectivity index (χ1n) is 6.00. The quantitative estimate of drug-likeness (QED) is 0.545. The first-order chi connectivity index (χ1) is 8.56.